The largest absolute Gasteiger partial charge is 0.481 e. The molecule has 1 saturated heterocycles. The van der Waals surface area contributed by atoms with Gasteiger partial charge in [-0.25, -0.2) is 0 Å². The number of nitrogens with zero attached hydrogens (tertiary/aromatic N) is 1. The molecule has 7 heteroatoms. The van der Waals surface area contributed by atoms with Gasteiger partial charge in [-0.05, 0) is 18.7 Å². The summed E-state index contributed by atoms with van der Waals surface area (Å²) in [6, 6.07) is 0. The van der Waals surface area contributed by atoms with E-state index in [0.29, 0.717) is 25.8 Å². The highest BCUT2D eigenvalue weighted by molar-refractivity contribution is 6.40. The highest BCUT2D eigenvalue weighted by atomic mass is 16.4. The van der Waals surface area contributed by atoms with Crippen LogP contribution in [0.5, 0.6) is 0 Å². The van der Waals surface area contributed by atoms with Crippen molar-refractivity contribution in [3.63, 3.8) is 0 Å². The summed E-state index contributed by atoms with van der Waals surface area (Å²) in [6.45, 7) is 2.56. The van der Waals surface area contributed by atoms with Crippen molar-refractivity contribution in [2.45, 2.75) is 19.2 Å². The molecule has 1 rings (SSSR count). The monoisotopic (exact) mass is 244 g/mol. The summed E-state index contributed by atoms with van der Waals surface area (Å²) < 4.78 is 0. The Bertz CT molecular complexity index is 252. The molecule has 0 aromatic carbocycles. The van der Waals surface area contributed by atoms with Crippen LogP contribution in [-0.4, -0.2) is 59.3 Å². The molecule has 1 heterocycles. The van der Waals surface area contributed by atoms with E-state index >= 15 is 0 Å². The Labute approximate surface area is 102 Å². The molecule has 2 atom stereocenters. The molecular weight excluding hydrogens is 223 g/mol. The molecule has 0 bridgehead atoms. The first kappa shape index (κ1) is 14.4. The van der Waals surface area contributed by atoms with Crippen LogP contribution in [0.15, 0.2) is 0 Å². The van der Waals surface area contributed by atoms with Gasteiger partial charge in [0.2, 0.25) is 0 Å². The van der Waals surface area contributed by atoms with E-state index in [0.717, 1.165) is 19.5 Å². The Balaban J connectivity index is 2.41. The van der Waals surface area contributed by atoms with E-state index in [-0.39, 0.29) is 11.8 Å². The van der Waals surface area contributed by atoms with Crippen LogP contribution < -0.4 is 5.73 Å². The Morgan fingerprint density at radius 3 is 2.65 bits per heavy atom. The lowest BCUT2D eigenvalue weighted by Gasteiger charge is -2.14. The number of carbonyl (C=O) groups is 1. The Hall–Kier alpha value is -0.625. The molecule has 5 N–H and O–H groups in total. The van der Waals surface area contributed by atoms with Crippen molar-refractivity contribution >= 4 is 13.1 Å². The first-order chi connectivity index (χ1) is 8.04. The van der Waals surface area contributed by atoms with Crippen molar-refractivity contribution in [1.29, 1.82) is 0 Å². The van der Waals surface area contributed by atoms with Crippen molar-refractivity contribution < 1.29 is 19.9 Å². The summed E-state index contributed by atoms with van der Waals surface area (Å²) in [5.74, 6) is -1.02. The average Bonchev–Trinajstić information content (AvgIpc) is 2.61. The van der Waals surface area contributed by atoms with E-state index in [1.807, 2.05) is 0 Å². The van der Waals surface area contributed by atoms with Crippen molar-refractivity contribution in [1.82, 2.24) is 4.90 Å². The zero-order valence-electron chi connectivity index (χ0n) is 9.96. The number of nitrogens with two attached hydrogens (primary N) is 1. The topological polar surface area (TPSA) is 107 Å². The highest BCUT2D eigenvalue weighted by Gasteiger charge is 2.36. The highest BCUT2D eigenvalue weighted by Crippen LogP contribution is 2.28. The molecule has 1 aliphatic heterocycles. The van der Waals surface area contributed by atoms with Gasteiger partial charge in [-0.15, -0.1) is 0 Å². The van der Waals surface area contributed by atoms with E-state index in [1.165, 1.54) is 0 Å². The van der Waals surface area contributed by atoms with E-state index in [1.54, 1.807) is 0 Å². The third-order valence-electron chi connectivity index (χ3n) is 3.32. The molecule has 1 aliphatic rings. The fraction of sp³-hybridized carbons (Fsp3) is 0.900. The predicted molar refractivity (Wildman–Crippen MR) is 64.3 cm³/mol. The normalized spacial score (nSPS) is 25.1. The average molecular weight is 244 g/mol. The zero-order valence-corrected chi connectivity index (χ0v) is 9.96. The van der Waals surface area contributed by atoms with Crippen molar-refractivity contribution in [2.75, 3.05) is 26.2 Å². The Morgan fingerprint density at radius 2 is 2.12 bits per heavy atom. The van der Waals surface area contributed by atoms with Crippen LogP contribution in [0.2, 0.25) is 6.32 Å². The summed E-state index contributed by atoms with van der Waals surface area (Å²) in [4.78, 5) is 13.2. The second-order valence-corrected chi connectivity index (χ2v) is 4.66. The second-order valence-electron chi connectivity index (χ2n) is 4.66. The molecule has 98 valence electrons. The lowest BCUT2D eigenvalue weighted by Crippen LogP contribution is -2.28. The molecule has 0 aromatic heterocycles. The predicted octanol–water partition coefficient (Wildman–Crippen LogP) is -1.17. The minimum atomic E-state index is -1.29. The number of likely N-dealkylation sites (tertiary alicyclic amines) is 1. The Kier molecular flexibility index (Phi) is 5.90. The van der Waals surface area contributed by atoms with Crippen LogP contribution in [-0.2, 0) is 4.79 Å². The van der Waals surface area contributed by atoms with Gasteiger partial charge < -0.3 is 25.8 Å². The van der Waals surface area contributed by atoms with Gasteiger partial charge in [0.15, 0.2) is 0 Å². The molecule has 0 saturated carbocycles. The maximum absolute atomic E-state index is 11.1. The number of hydrogen-bond donors (Lipinski definition) is 4. The molecular formula is C10H21BN2O4. The molecule has 0 amide bonds. The van der Waals surface area contributed by atoms with Gasteiger partial charge in [0.25, 0.3) is 0 Å². The second kappa shape index (κ2) is 6.95. The van der Waals surface area contributed by atoms with Crippen molar-refractivity contribution in [2.24, 2.45) is 17.6 Å². The molecule has 6 nitrogen and oxygen atoms in total. The van der Waals surface area contributed by atoms with Gasteiger partial charge in [-0.2, -0.15) is 0 Å². The van der Waals surface area contributed by atoms with Crippen LogP contribution >= 0.6 is 0 Å². The molecule has 1 fully saturated rings. The summed E-state index contributed by atoms with van der Waals surface area (Å²) in [5, 5.41) is 26.6. The van der Waals surface area contributed by atoms with Crippen molar-refractivity contribution in [3.8, 4) is 0 Å². The number of carboxylic acid groups (broad SMARTS) is 1. The van der Waals surface area contributed by atoms with Gasteiger partial charge in [0.05, 0.1) is 5.92 Å². The molecule has 17 heavy (non-hydrogen) atoms. The first-order valence-corrected chi connectivity index (χ1v) is 6.06. The third-order valence-corrected chi connectivity index (χ3v) is 3.32. The summed E-state index contributed by atoms with van der Waals surface area (Å²) in [7, 11) is -1.29. The summed E-state index contributed by atoms with van der Waals surface area (Å²) in [5.41, 5.74) is 5.46. The molecule has 0 aromatic rings. The minimum Gasteiger partial charge on any atom is -0.481 e. The van der Waals surface area contributed by atoms with Crippen LogP contribution in [0.3, 0.4) is 0 Å². The number of rotatable bonds is 7. The van der Waals surface area contributed by atoms with Gasteiger partial charge in [0, 0.05) is 26.2 Å². The smallest absolute Gasteiger partial charge is 0.451 e. The molecule has 0 radical (unpaired) electrons. The Morgan fingerprint density at radius 1 is 1.41 bits per heavy atom. The molecule has 0 spiro atoms. The fourth-order valence-corrected chi connectivity index (χ4v) is 2.46. The standard InChI is InChI=1S/C10H21BN2O4/c12-4-5-13-6-8(2-1-3-11(16)17)9(7-13)10(14)15/h8-9,16-17H,1-7,12H2,(H,14,15)/t8-,9?/m0/s1. The van der Waals surface area contributed by atoms with Crippen LogP contribution in [0, 0.1) is 11.8 Å². The van der Waals surface area contributed by atoms with E-state index in [9.17, 15) is 4.79 Å². The van der Waals surface area contributed by atoms with E-state index in [2.05, 4.69) is 4.90 Å². The van der Waals surface area contributed by atoms with E-state index < -0.39 is 13.1 Å². The lowest BCUT2D eigenvalue weighted by molar-refractivity contribution is -0.142. The van der Waals surface area contributed by atoms with Gasteiger partial charge in [-0.3, -0.25) is 4.79 Å². The van der Waals surface area contributed by atoms with E-state index in [4.69, 9.17) is 20.9 Å². The number of aliphatic carboxylic acids is 1. The fourth-order valence-electron chi connectivity index (χ4n) is 2.46. The first-order valence-electron chi connectivity index (χ1n) is 6.06. The van der Waals surface area contributed by atoms with Gasteiger partial charge >= 0.3 is 13.1 Å². The van der Waals surface area contributed by atoms with Crippen LogP contribution in [0.25, 0.3) is 0 Å². The van der Waals surface area contributed by atoms with Gasteiger partial charge in [0.1, 0.15) is 0 Å². The molecule has 0 aliphatic carbocycles. The third kappa shape index (κ3) is 4.63. The SMILES string of the molecule is NCCN1CC(C(=O)O)[C@@H](CCCB(O)O)C1. The van der Waals surface area contributed by atoms with Crippen LogP contribution in [0.1, 0.15) is 12.8 Å². The summed E-state index contributed by atoms with van der Waals surface area (Å²) >= 11 is 0. The number of carboxylic acids is 1. The van der Waals surface area contributed by atoms with Crippen molar-refractivity contribution in [3.05, 3.63) is 0 Å². The summed E-state index contributed by atoms with van der Waals surface area (Å²) in [6.07, 6.45) is 1.66. The minimum absolute atomic E-state index is 0.0952. The zero-order chi connectivity index (χ0) is 12.8. The number of hydrogen-bond acceptors (Lipinski definition) is 5. The lowest BCUT2D eigenvalue weighted by atomic mass is 9.80. The maximum Gasteiger partial charge on any atom is 0.451 e. The van der Waals surface area contributed by atoms with Gasteiger partial charge in [-0.1, -0.05) is 6.42 Å². The maximum atomic E-state index is 11.1. The molecule has 1 unspecified atom stereocenters. The van der Waals surface area contributed by atoms with Crippen LogP contribution in [0.4, 0.5) is 0 Å². The quantitative estimate of drug-likeness (QED) is 0.420.